The highest BCUT2D eigenvalue weighted by atomic mass is 16.3. The highest BCUT2D eigenvalue weighted by Crippen LogP contribution is 2.36. The summed E-state index contributed by atoms with van der Waals surface area (Å²) in [6.07, 6.45) is 3.23. The maximum absolute atomic E-state index is 10.2. The average Bonchev–Trinajstić information content (AvgIpc) is 2.94. The first kappa shape index (κ1) is 12.7. The summed E-state index contributed by atoms with van der Waals surface area (Å²) in [6.45, 7) is 2.17. The van der Waals surface area contributed by atoms with Gasteiger partial charge in [-0.1, -0.05) is 42.8 Å². The van der Waals surface area contributed by atoms with Crippen molar-refractivity contribution in [1.29, 1.82) is 0 Å². The van der Waals surface area contributed by atoms with Gasteiger partial charge in [0.05, 0.1) is 5.52 Å². The summed E-state index contributed by atoms with van der Waals surface area (Å²) in [6, 6.07) is 11.5. The summed E-state index contributed by atoms with van der Waals surface area (Å²) in [4.78, 5) is 0. The number of fused-ring (bicyclic) bond motifs is 1. The van der Waals surface area contributed by atoms with Gasteiger partial charge in [-0.3, -0.25) is 5.10 Å². The number of hydrogen-bond donors (Lipinski definition) is 2. The lowest BCUT2D eigenvalue weighted by molar-refractivity contribution is 0.477. The Morgan fingerprint density at radius 2 is 2.00 bits per heavy atom. The molecule has 102 valence electrons. The van der Waals surface area contributed by atoms with Crippen LogP contribution in [-0.4, -0.2) is 20.5 Å². The molecule has 2 aromatic carbocycles. The van der Waals surface area contributed by atoms with Gasteiger partial charge < -0.3 is 5.11 Å². The van der Waals surface area contributed by atoms with Gasteiger partial charge in [0, 0.05) is 11.1 Å². The molecule has 0 atom stereocenters. The Morgan fingerprint density at radius 3 is 2.80 bits per heavy atom. The number of benzene rings is 2. The van der Waals surface area contributed by atoms with Crippen LogP contribution in [0.3, 0.4) is 0 Å². The molecule has 0 saturated heterocycles. The topological polar surface area (TPSA) is 61.8 Å². The highest BCUT2D eigenvalue weighted by molar-refractivity contribution is 5.94. The largest absolute Gasteiger partial charge is 0.507 e. The molecule has 0 aliphatic carbocycles. The number of hydrogen-bond acceptors (Lipinski definition) is 3. The minimum Gasteiger partial charge on any atom is -0.507 e. The summed E-state index contributed by atoms with van der Waals surface area (Å²) in [5.74, 6) is 0.278. The van der Waals surface area contributed by atoms with Gasteiger partial charge in [-0.15, -0.1) is 5.10 Å². The molecule has 0 radical (unpaired) electrons. The molecule has 1 aromatic heterocycles. The van der Waals surface area contributed by atoms with Crippen LogP contribution in [0, 0.1) is 0 Å². The Morgan fingerprint density at radius 1 is 1.15 bits per heavy atom. The van der Waals surface area contributed by atoms with Gasteiger partial charge in [-0.25, -0.2) is 0 Å². The minimum absolute atomic E-state index is 0.278. The Hall–Kier alpha value is -2.36. The van der Waals surface area contributed by atoms with Gasteiger partial charge in [-0.05, 0) is 30.5 Å². The molecule has 0 amide bonds. The SMILES string of the molecule is CCCCc1ccc2[nH]nnc2c1-c1ccccc1O. The van der Waals surface area contributed by atoms with E-state index >= 15 is 0 Å². The lowest BCUT2D eigenvalue weighted by Crippen LogP contribution is -1.92. The molecule has 4 nitrogen and oxygen atoms in total. The second kappa shape index (κ2) is 5.33. The number of aromatic amines is 1. The molecule has 20 heavy (non-hydrogen) atoms. The Labute approximate surface area is 117 Å². The van der Waals surface area contributed by atoms with Gasteiger partial charge in [0.25, 0.3) is 0 Å². The number of phenols is 1. The molecule has 3 rings (SSSR count). The van der Waals surface area contributed by atoms with Gasteiger partial charge in [-0.2, -0.15) is 0 Å². The predicted octanol–water partition coefficient (Wildman–Crippen LogP) is 3.67. The summed E-state index contributed by atoms with van der Waals surface area (Å²) >= 11 is 0. The molecule has 0 aliphatic rings. The zero-order valence-electron chi connectivity index (χ0n) is 11.4. The lowest BCUT2D eigenvalue weighted by atomic mass is 9.94. The standard InChI is InChI=1S/C16H17N3O/c1-2-3-6-11-9-10-13-16(18-19-17-13)15(11)12-7-4-5-8-14(12)20/h4-5,7-10,20H,2-3,6H2,1H3,(H,17,18,19). The van der Waals surface area contributed by atoms with Crippen LogP contribution >= 0.6 is 0 Å². The number of rotatable bonds is 4. The summed E-state index contributed by atoms with van der Waals surface area (Å²) in [5.41, 5.74) is 4.72. The predicted molar refractivity (Wildman–Crippen MR) is 79.6 cm³/mol. The van der Waals surface area contributed by atoms with E-state index in [-0.39, 0.29) is 5.75 Å². The molecule has 4 heteroatoms. The second-order valence-electron chi connectivity index (χ2n) is 4.93. The molecular weight excluding hydrogens is 250 g/mol. The molecule has 1 heterocycles. The van der Waals surface area contributed by atoms with Crippen LogP contribution in [0.25, 0.3) is 22.2 Å². The summed E-state index contributed by atoms with van der Waals surface area (Å²) in [7, 11) is 0. The monoisotopic (exact) mass is 267 g/mol. The van der Waals surface area contributed by atoms with Crippen molar-refractivity contribution in [2.24, 2.45) is 0 Å². The van der Waals surface area contributed by atoms with E-state index in [1.165, 1.54) is 5.56 Å². The number of aromatic hydroxyl groups is 1. The van der Waals surface area contributed by atoms with Gasteiger partial charge in [0.2, 0.25) is 0 Å². The Kier molecular flexibility index (Phi) is 3.37. The second-order valence-corrected chi connectivity index (χ2v) is 4.93. The maximum atomic E-state index is 10.2. The Bertz CT molecular complexity index is 733. The third-order valence-corrected chi connectivity index (χ3v) is 3.56. The summed E-state index contributed by atoms with van der Waals surface area (Å²) < 4.78 is 0. The summed E-state index contributed by atoms with van der Waals surface area (Å²) in [5, 5.41) is 21.1. The van der Waals surface area contributed by atoms with Crippen LogP contribution in [0.2, 0.25) is 0 Å². The van der Waals surface area contributed by atoms with E-state index in [4.69, 9.17) is 0 Å². The van der Waals surface area contributed by atoms with Gasteiger partial charge in [0.1, 0.15) is 11.3 Å². The number of aromatic nitrogens is 3. The molecular formula is C16H17N3O. The van der Waals surface area contributed by atoms with Crippen molar-refractivity contribution in [2.45, 2.75) is 26.2 Å². The molecule has 0 fully saturated rings. The van der Waals surface area contributed by atoms with Crippen LogP contribution < -0.4 is 0 Å². The quantitative estimate of drug-likeness (QED) is 0.758. The molecule has 0 bridgehead atoms. The van der Waals surface area contributed by atoms with E-state index in [0.717, 1.165) is 41.4 Å². The van der Waals surface area contributed by atoms with Gasteiger partial charge >= 0.3 is 0 Å². The van der Waals surface area contributed by atoms with E-state index < -0.39 is 0 Å². The molecule has 2 N–H and O–H groups in total. The van der Waals surface area contributed by atoms with E-state index in [2.05, 4.69) is 28.4 Å². The number of para-hydroxylation sites is 1. The van der Waals surface area contributed by atoms with E-state index in [1.54, 1.807) is 6.07 Å². The number of nitrogens with one attached hydrogen (secondary N) is 1. The van der Waals surface area contributed by atoms with Crippen molar-refractivity contribution < 1.29 is 5.11 Å². The Balaban J connectivity index is 2.24. The first-order valence-corrected chi connectivity index (χ1v) is 6.92. The van der Waals surface area contributed by atoms with Crippen LogP contribution in [0.1, 0.15) is 25.3 Å². The maximum Gasteiger partial charge on any atom is 0.123 e. The fourth-order valence-corrected chi connectivity index (χ4v) is 2.52. The minimum atomic E-state index is 0.278. The zero-order valence-corrected chi connectivity index (χ0v) is 11.4. The number of H-pyrrole nitrogens is 1. The number of phenolic OH excluding ortho intramolecular Hbond substituents is 1. The third kappa shape index (κ3) is 2.13. The van der Waals surface area contributed by atoms with E-state index in [0.29, 0.717) is 0 Å². The normalized spacial score (nSPS) is 11.1. The zero-order chi connectivity index (χ0) is 13.9. The van der Waals surface area contributed by atoms with Crippen molar-refractivity contribution in [3.05, 3.63) is 42.0 Å². The number of aryl methyl sites for hydroxylation is 1. The van der Waals surface area contributed by atoms with Crippen LogP contribution in [-0.2, 0) is 6.42 Å². The van der Waals surface area contributed by atoms with Crippen LogP contribution in [0.5, 0.6) is 5.75 Å². The van der Waals surface area contributed by atoms with Gasteiger partial charge in [0.15, 0.2) is 0 Å². The van der Waals surface area contributed by atoms with Crippen molar-refractivity contribution in [1.82, 2.24) is 15.4 Å². The molecule has 0 saturated carbocycles. The van der Waals surface area contributed by atoms with E-state index in [1.807, 2.05) is 24.3 Å². The third-order valence-electron chi connectivity index (χ3n) is 3.56. The van der Waals surface area contributed by atoms with Crippen molar-refractivity contribution in [2.75, 3.05) is 0 Å². The van der Waals surface area contributed by atoms with Crippen molar-refractivity contribution in [3.63, 3.8) is 0 Å². The van der Waals surface area contributed by atoms with Crippen molar-refractivity contribution >= 4 is 11.0 Å². The fourth-order valence-electron chi connectivity index (χ4n) is 2.52. The first-order valence-electron chi connectivity index (χ1n) is 6.92. The molecule has 0 aliphatic heterocycles. The molecule has 0 spiro atoms. The lowest BCUT2D eigenvalue weighted by Gasteiger charge is -2.11. The van der Waals surface area contributed by atoms with Crippen molar-refractivity contribution in [3.8, 4) is 16.9 Å². The van der Waals surface area contributed by atoms with Crippen LogP contribution in [0.15, 0.2) is 36.4 Å². The average molecular weight is 267 g/mol. The van der Waals surface area contributed by atoms with E-state index in [9.17, 15) is 5.11 Å². The number of unbranched alkanes of at least 4 members (excludes halogenated alkanes) is 1. The number of nitrogens with zero attached hydrogens (tertiary/aromatic N) is 2. The fraction of sp³-hybridized carbons (Fsp3) is 0.250. The molecule has 3 aromatic rings. The first-order chi connectivity index (χ1) is 9.81. The van der Waals surface area contributed by atoms with Crippen LogP contribution in [0.4, 0.5) is 0 Å². The smallest absolute Gasteiger partial charge is 0.123 e. The molecule has 0 unspecified atom stereocenters. The highest BCUT2D eigenvalue weighted by Gasteiger charge is 2.15.